The molecule has 0 saturated carbocycles. The molecule has 0 atom stereocenters. The minimum Gasteiger partial charge on any atom is -0.493 e. The third-order valence-corrected chi connectivity index (χ3v) is 5.51. The Balaban J connectivity index is 1.40. The van der Waals surface area contributed by atoms with Crippen molar-refractivity contribution in [2.24, 2.45) is 0 Å². The monoisotopic (exact) mass is 379 g/mol. The lowest BCUT2D eigenvalue weighted by atomic mass is 10.2. The summed E-state index contributed by atoms with van der Waals surface area (Å²) in [7, 11) is 0. The first-order chi connectivity index (χ1) is 12.2. The number of benzene rings is 1. The molecule has 1 fully saturated rings. The van der Waals surface area contributed by atoms with Gasteiger partial charge in [0.05, 0.1) is 31.3 Å². The van der Waals surface area contributed by atoms with Gasteiger partial charge in [-0.2, -0.15) is 0 Å². The summed E-state index contributed by atoms with van der Waals surface area (Å²) in [5.74, 6) is 1.56. The fourth-order valence-electron chi connectivity index (χ4n) is 2.58. The summed E-state index contributed by atoms with van der Waals surface area (Å²) in [6.07, 6.45) is 1.92. The molecule has 1 saturated heterocycles. The van der Waals surface area contributed by atoms with Gasteiger partial charge in [-0.1, -0.05) is 36.1 Å². The molecule has 1 aliphatic heterocycles. The van der Waals surface area contributed by atoms with Crippen LogP contribution in [0.3, 0.4) is 0 Å². The summed E-state index contributed by atoms with van der Waals surface area (Å²) in [6, 6.07) is 8.81. The molecule has 0 unspecified atom stereocenters. The summed E-state index contributed by atoms with van der Waals surface area (Å²) in [4.78, 5) is 13.8. The van der Waals surface area contributed by atoms with Crippen LogP contribution in [-0.4, -0.2) is 47.9 Å². The summed E-state index contributed by atoms with van der Waals surface area (Å²) in [5.41, 5.74) is 0.163. The van der Waals surface area contributed by atoms with Gasteiger partial charge in [-0.25, -0.2) is 4.79 Å². The average Bonchev–Trinajstić information content (AvgIpc) is 2.64. The van der Waals surface area contributed by atoms with E-state index in [9.17, 15) is 4.79 Å². The SMILES string of the molecule is O=c1cc(OCCCCSC(=S)N2CCOCC2)c2ccccc2o1. The van der Waals surface area contributed by atoms with Crippen molar-refractivity contribution in [2.75, 3.05) is 38.7 Å². The van der Waals surface area contributed by atoms with Crippen LogP contribution in [0, 0.1) is 0 Å². The van der Waals surface area contributed by atoms with Crippen LogP contribution < -0.4 is 10.4 Å². The second-order valence-electron chi connectivity index (χ2n) is 5.70. The van der Waals surface area contributed by atoms with E-state index < -0.39 is 0 Å². The summed E-state index contributed by atoms with van der Waals surface area (Å²) in [6.45, 7) is 3.86. The number of morpholine rings is 1. The normalized spacial score (nSPS) is 14.6. The molecule has 0 aliphatic carbocycles. The number of unbranched alkanes of at least 4 members (excludes halogenated alkanes) is 1. The minimum atomic E-state index is -0.389. The van der Waals surface area contributed by atoms with Gasteiger partial charge >= 0.3 is 5.63 Å². The van der Waals surface area contributed by atoms with Crippen molar-refractivity contribution >= 4 is 39.3 Å². The second-order valence-corrected chi connectivity index (χ2v) is 7.42. The maximum Gasteiger partial charge on any atom is 0.339 e. The number of thioether (sulfide) groups is 1. The van der Waals surface area contributed by atoms with Gasteiger partial charge in [-0.3, -0.25) is 0 Å². The molecule has 0 N–H and O–H groups in total. The lowest BCUT2D eigenvalue weighted by Crippen LogP contribution is -2.38. The van der Waals surface area contributed by atoms with Crippen LogP contribution in [0.4, 0.5) is 0 Å². The Labute approximate surface area is 156 Å². The highest BCUT2D eigenvalue weighted by molar-refractivity contribution is 8.22. The molecular formula is C18H21NO4S2. The highest BCUT2D eigenvalue weighted by atomic mass is 32.2. The van der Waals surface area contributed by atoms with E-state index in [4.69, 9.17) is 26.1 Å². The number of rotatable bonds is 6. The molecule has 3 rings (SSSR count). The molecule has 1 aliphatic rings. The largest absolute Gasteiger partial charge is 0.493 e. The molecule has 2 aromatic rings. The van der Waals surface area contributed by atoms with Gasteiger partial charge in [0, 0.05) is 18.8 Å². The molecule has 5 nitrogen and oxygen atoms in total. The maximum absolute atomic E-state index is 11.6. The summed E-state index contributed by atoms with van der Waals surface area (Å²) < 4.78 is 17.2. The topological polar surface area (TPSA) is 51.9 Å². The third kappa shape index (κ3) is 5.20. The van der Waals surface area contributed by atoms with Crippen molar-refractivity contribution < 1.29 is 13.9 Å². The van der Waals surface area contributed by atoms with Crippen molar-refractivity contribution in [1.29, 1.82) is 0 Å². The number of hydrogen-bond acceptors (Lipinski definition) is 6. The molecule has 1 aromatic heterocycles. The average molecular weight is 380 g/mol. The third-order valence-electron chi connectivity index (χ3n) is 3.90. The van der Waals surface area contributed by atoms with E-state index in [0.717, 1.165) is 54.6 Å². The summed E-state index contributed by atoms with van der Waals surface area (Å²) in [5, 5.41) is 0.824. The minimum absolute atomic E-state index is 0.389. The van der Waals surface area contributed by atoms with Crippen LogP contribution in [0.2, 0.25) is 0 Å². The molecule has 1 aromatic carbocycles. The number of fused-ring (bicyclic) bond motifs is 1. The number of ether oxygens (including phenoxy) is 2. The molecule has 2 heterocycles. The van der Waals surface area contributed by atoms with E-state index in [0.29, 0.717) is 17.9 Å². The second kappa shape index (κ2) is 9.22. The highest BCUT2D eigenvalue weighted by Crippen LogP contribution is 2.23. The maximum atomic E-state index is 11.6. The van der Waals surface area contributed by atoms with Crippen LogP contribution >= 0.6 is 24.0 Å². The zero-order chi connectivity index (χ0) is 17.5. The van der Waals surface area contributed by atoms with E-state index in [2.05, 4.69) is 4.90 Å². The van der Waals surface area contributed by atoms with Gasteiger partial charge in [-0.05, 0) is 25.0 Å². The van der Waals surface area contributed by atoms with Gasteiger partial charge in [-0.15, -0.1) is 0 Å². The van der Waals surface area contributed by atoms with Crippen molar-refractivity contribution in [3.8, 4) is 5.75 Å². The number of hydrogen-bond donors (Lipinski definition) is 0. The zero-order valence-electron chi connectivity index (χ0n) is 13.9. The first-order valence-electron chi connectivity index (χ1n) is 8.39. The van der Waals surface area contributed by atoms with E-state index >= 15 is 0 Å². The number of thiocarbonyl (C=S) groups is 1. The van der Waals surface area contributed by atoms with Crippen molar-refractivity contribution in [3.63, 3.8) is 0 Å². The lowest BCUT2D eigenvalue weighted by molar-refractivity contribution is 0.0702. The standard InChI is InChI=1S/C18H21NO4S2/c20-17-13-16(14-5-1-2-6-15(14)23-17)22-9-3-4-12-25-18(24)19-7-10-21-11-8-19/h1-2,5-6,13H,3-4,7-12H2. The molecule has 0 bridgehead atoms. The quantitative estimate of drug-likeness (QED) is 0.434. The Kier molecular flexibility index (Phi) is 6.72. The van der Waals surface area contributed by atoms with Gasteiger partial charge in [0.25, 0.3) is 0 Å². The van der Waals surface area contributed by atoms with Crippen molar-refractivity contribution in [1.82, 2.24) is 4.90 Å². The van der Waals surface area contributed by atoms with Crippen LogP contribution in [0.25, 0.3) is 11.0 Å². The molecule has 7 heteroatoms. The van der Waals surface area contributed by atoms with E-state index in [1.54, 1.807) is 17.8 Å². The molecule has 134 valence electrons. The Morgan fingerprint density at radius 3 is 2.88 bits per heavy atom. The molecule has 25 heavy (non-hydrogen) atoms. The Bertz CT molecular complexity index is 771. The van der Waals surface area contributed by atoms with E-state index in [1.807, 2.05) is 18.2 Å². The predicted octanol–water partition coefficient (Wildman–Crippen LogP) is 3.30. The van der Waals surface area contributed by atoms with Crippen molar-refractivity contribution in [2.45, 2.75) is 12.8 Å². The van der Waals surface area contributed by atoms with Crippen LogP contribution in [0.15, 0.2) is 39.5 Å². The first-order valence-corrected chi connectivity index (χ1v) is 9.78. The predicted molar refractivity (Wildman–Crippen MR) is 105 cm³/mol. The zero-order valence-corrected chi connectivity index (χ0v) is 15.6. The Hall–Kier alpha value is -1.57. The van der Waals surface area contributed by atoms with E-state index in [-0.39, 0.29) is 5.63 Å². The van der Waals surface area contributed by atoms with Crippen LogP contribution in [0.5, 0.6) is 5.75 Å². The first kappa shape index (κ1) is 18.2. The smallest absolute Gasteiger partial charge is 0.339 e. The van der Waals surface area contributed by atoms with Gasteiger partial charge in [0.2, 0.25) is 0 Å². The van der Waals surface area contributed by atoms with E-state index in [1.165, 1.54) is 6.07 Å². The number of nitrogens with zero attached hydrogens (tertiary/aromatic N) is 1. The molecule has 0 spiro atoms. The fourth-order valence-corrected chi connectivity index (χ4v) is 3.90. The van der Waals surface area contributed by atoms with Crippen LogP contribution in [0.1, 0.15) is 12.8 Å². The highest BCUT2D eigenvalue weighted by Gasteiger charge is 2.13. The van der Waals surface area contributed by atoms with Crippen molar-refractivity contribution in [3.05, 3.63) is 40.8 Å². The molecular weight excluding hydrogens is 358 g/mol. The number of para-hydroxylation sites is 1. The Morgan fingerprint density at radius 1 is 1.24 bits per heavy atom. The fraction of sp³-hybridized carbons (Fsp3) is 0.444. The van der Waals surface area contributed by atoms with Crippen LogP contribution in [-0.2, 0) is 4.74 Å². The lowest BCUT2D eigenvalue weighted by Gasteiger charge is -2.28. The van der Waals surface area contributed by atoms with Gasteiger partial charge in [0.15, 0.2) is 0 Å². The van der Waals surface area contributed by atoms with Gasteiger partial charge < -0.3 is 18.8 Å². The Morgan fingerprint density at radius 2 is 2.04 bits per heavy atom. The molecule has 0 amide bonds. The molecule has 0 radical (unpaired) electrons. The van der Waals surface area contributed by atoms with Gasteiger partial charge in [0.1, 0.15) is 15.7 Å². The summed E-state index contributed by atoms with van der Waals surface area (Å²) >= 11 is 7.17.